The summed E-state index contributed by atoms with van der Waals surface area (Å²) >= 11 is 3.16. The summed E-state index contributed by atoms with van der Waals surface area (Å²) in [6, 6.07) is 0. The van der Waals surface area contributed by atoms with Crippen LogP contribution in [0.5, 0.6) is 0 Å². The summed E-state index contributed by atoms with van der Waals surface area (Å²) < 4.78 is 0. The van der Waals surface area contributed by atoms with E-state index in [1.807, 2.05) is 0 Å². The molecule has 2 atom stereocenters. The molecular weight excluding hydrogens is 210 g/mol. The fourth-order valence-corrected chi connectivity index (χ4v) is 1.14. The zero-order valence-corrected chi connectivity index (χ0v) is 8.63. The van der Waals surface area contributed by atoms with Crippen LogP contribution in [0.2, 0.25) is 0 Å². The van der Waals surface area contributed by atoms with Gasteiger partial charge in [-0.15, -0.1) is 0 Å². The third-order valence-corrected chi connectivity index (χ3v) is 1.65. The van der Waals surface area contributed by atoms with Gasteiger partial charge in [0.2, 0.25) is 5.91 Å². The van der Waals surface area contributed by atoms with E-state index in [1.165, 1.54) is 4.90 Å². The van der Waals surface area contributed by atoms with Gasteiger partial charge in [0.15, 0.2) is 0 Å². The minimum Gasteiger partial charge on any atom is -0.392 e. The molecule has 0 aliphatic carbocycles. The number of carbonyl (C=O) groups is 1. The van der Waals surface area contributed by atoms with Gasteiger partial charge in [-0.2, -0.15) is 0 Å². The van der Waals surface area contributed by atoms with Gasteiger partial charge < -0.3 is 10.0 Å². The predicted octanol–water partition coefficient (Wildman–Crippen LogP) is 0.609. The summed E-state index contributed by atoms with van der Waals surface area (Å²) in [5.41, 5.74) is 0. The van der Waals surface area contributed by atoms with Crippen molar-refractivity contribution in [2.24, 2.45) is 0 Å². The lowest BCUT2D eigenvalue weighted by atomic mass is 10.3. The third kappa shape index (κ3) is 4.37. The van der Waals surface area contributed by atoms with Crippen molar-refractivity contribution in [3.8, 4) is 0 Å². The number of aliphatic hydroxyl groups is 1. The molecule has 0 aromatic carbocycles. The molecule has 0 saturated heterocycles. The molecule has 0 bridgehead atoms. The molecule has 1 amide bonds. The molecule has 0 aliphatic heterocycles. The van der Waals surface area contributed by atoms with Gasteiger partial charge in [0.25, 0.3) is 0 Å². The molecule has 2 unspecified atom stereocenters. The zero-order valence-electron chi connectivity index (χ0n) is 7.04. The van der Waals surface area contributed by atoms with Crippen LogP contribution in [0.25, 0.3) is 0 Å². The highest BCUT2D eigenvalue weighted by Crippen LogP contribution is 2.02. The second-order valence-electron chi connectivity index (χ2n) is 2.68. The van der Waals surface area contributed by atoms with E-state index in [0.29, 0.717) is 6.54 Å². The van der Waals surface area contributed by atoms with Crippen LogP contribution in [-0.2, 0) is 4.79 Å². The van der Waals surface area contributed by atoms with Gasteiger partial charge in [0.1, 0.15) is 0 Å². The highest BCUT2D eigenvalue weighted by Gasteiger charge is 2.14. The minimum atomic E-state index is -0.463. The predicted molar refractivity (Wildman–Crippen MR) is 47.7 cm³/mol. The minimum absolute atomic E-state index is 0.00843. The lowest BCUT2D eigenvalue weighted by Crippen LogP contribution is -2.36. The SMILES string of the molecule is CC(O)CN(C)C(=O)C(C)Br. The number of alkyl halides is 1. The van der Waals surface area contributed by atoms with Gasteiger partial charge in [-0.05, 0) is 13.8 Å². The van der Waals surface area contributed by atoms with Crippen molar-refractivity contribution in [2.75, 3.05) is 13.6 Å². The van der Waals surface area contributed by atoms with Gasteiger partial charge in [-0.25, -0.2) is 0 Å². The molecule has 0 rings (SSSR count). The maximum absolute atomic E-state index is 11.1. The monoisotopic (exact) mass is 223 g/mol. The normalized spacial score (nSPS) is 15.7. The third-order valence-electron chi connectivity index (χ3n) is 1.25. The number of nitrogens with zero attached hydrogens (tertiary/aromatic N) is 1. The van der Waals surface area contributed by atoms with Gasteiger partial charge in [0, 0.05) is 13.6 Å². The van der Waals surface area contributed by atoms with Gasteiger partial charge >= 0.3 is 0 Å². The van der Waals surface area contributed by atoms with E-state index < -0.39 is 6.10 Å². The Kier molecular flexibility index (Phi) is 4.68. The summed E-state index contributed by atoms with van der Waals surface area (Å²) in [5.74, 6) is -0.00843. The van der Waals surface area contributed by atoms with Crippen LogP contribution in [0.3, 0.4) is 0 Å². The van der Waals surface area contributed by atoms with Crippen LogP contribution < -0.4 is 0 Å². The topological polar surface area (TPSA) is 40.5 Å². The quantitative estimate of drug-likeness (QED) is 0.713. The number of aliphatic hydroxyl groups excluding tert-OH is 1. The van der Waals surface area contributed by atoms with Crippen molar-refractivity contribution < 1.29 is 9.90 Å². The average molecular weight is 224 g/mol. The molecule has 11 heavy (non-hydrogen) atoms. The maximum Gasteiger partial charge on any atom is 0.235 e. The lowest BCUT2D eigenvalue weighted by molar-refractivity contribution is -0.130. The largest absolute Gasteiger partial charge is 0.392 e. The molecule has 0 aromatic heterocycles. The second-order valence-corrected chi connectivity index (χ2v) is 4.06. The lowest BCUT2D eigenvalue weighted by Gasteiger charge is -2.19. The van der Waals surface area contributed by atoms with Crippen molar-refractivity contribution in [1.29, 1.82) is 0 Å². The Balaban J connectivity index is 3.83. The molecule has 1 N–H and O–H groups in total. The molecule has 4 heteroatoms. The summed E-state index contributed by atoms with van der Waals surface area (Å²) in [6.07, 6.45) is -0.463. The van der Waals surface area contributed by atoms with Gasteiger partial charge in [0.05, 0.1) is 10.9 Å². The van der Waals surface area contributed by atoms with Crippen molar-refractivity contribution in [3.05, 3.63) is 0 Å². The first-order valence-corrected chi connectivity index (χ1v) is 4.43. The van der Waals surface area contributed by atoms with Crippen LogP contribution in [0, 0.1) is 0 Å². The van der Waals surface area contributed by atoms with E-state index in [0.717, 1.165) is 0 Å². The summed E-state index contributed by atoms with van der Waals surface area (Å²) in [5, 5.41) is 8.94. The van der Waals surface area contributed by atoms with E-state index in [2.05, 4.69) is 15.9 Å². The number of amides is 1. The smallest absolute Gasteiger partial charge is 0.235 e. The summed E-state index contributed by atoms with van der Waals surface area (Å²) in [6.45, 7) is 3.80. The number of rotatable bonds is 3. The van der Waals surface area contributed by atoms with E-state index in [-0.39, 0.29) is 10.7 Å². The Morgan fingerprint density at radius 3 is 2.36 bits per heavy atom. The zero-order chi connectivity index (χ0) is 9.02. The number of hydrogen-bond acceptors (Lipinski definition) is 2. The Hall–Kier alpha value is -0.0900. The van der Waals surface area contributed by atoms with E-state index in [1.54, 1.807) is 20.9 Å². The molecule has 0 fully saturated rings. The Morgan fingerprint density at radius 2 is 2.09 bits per heavy atom. The molecule has 0 aliphatic rings. The molecule has 0 heterocycles. The van der Waals surface area contributed by atoms with Crippen LogP contribution in [0.4, 0.5) is 0 Å². The highest BCUT2D eigenvalue weighted by molar-refractivity contribution is 9.10. The first-order chi connectivity index (χ1) is 4.95. The molecule has 0 saturated carbocycles. The maximum atomic E-state index is 11.1. The second kappa shape index (κ2) is 4.72. The molecule has 0 spiro atoms. The fraction of sp³-hybridized carbons (Fsp3) is 0.857. The molecule has 0 radical (unpaired) electrons. The first kappa shape index (κ1) is 10.9. The van der Waals surface area contributed by atoms with E-state index >= 15 is 0 Å². The summed E-state index contributed by atoms with van der Waals surface area (Å²) in [4.78, 5) is 12.5. The fourth-order valence-electron chi connectivity index (χ4n) is 0.790. The van der Waals surface area contributed by atoms with Crippen LogP contribution >= 0.6 is 15.9 Å². The van der Waals surface area contributed by atoms with Gasteiger partial charge in [-0.1, -0.05) is 15.9 Å². The molecule has 0 aromatic rings. The highest BCUT2D eigenvalue weighted by atomic mass is 79.9. The first-order valence-electron chi connectivity index (χ1n) is 3.52. The number of hydrogen-bond donors (Lipinski definition) is 1. The number of carbonyl (C=O) groups excluding carboxylic acids is 1. The van der Waals surface area contributed by atoms with Gasteiger partial charge in [-0.3, -0.25) is 4.79 Å². The molecule has 66 valence electrons. The van der Waals surface area contributed by atoms with Crippen molar-refractivity contribution in [1.82, 2.24) is 4.90 Å². The standard InChI is InChI=1S/C7H14BrNO2/c1-5(10)4-9(3)7(11)6(2)8/h5-6,10H,4H2,1-3H3. The summed E-state index contributed by atoms with van der Waals surface area (Å²) in [7, 11) is 1.67. The number of halogens is 1. The van der Waals surface area contributed by atoms with Crippen molar-refractivity contribution in [2.45, 2.75) is 24.8 Å². The Morgan fingerprint density at radius 1 is 1.64 bits per heavy atom. The van der Waals surface area contributed by atoms with Crippen molar-refractivity contribution in [3.63, 3.8) is 0 Å². The van der Waals surface area contributed by atoms with Crippen LogP contribution in [-0.4, -0.2) is 40.4 Å². The van der Waals surface area contributed by atoms with Crippen LogP contribution in [0.15, 0.2) is 0 Å². The van der Waals surface area contributed by atoms with Crippen molar-refractivity contribution >= 4 is 21.8 Å². The molecular formula is C7H14BrNO2. The van der Waals surface area contributed by atoms with E-state index in [9.17, 15) is 4.79 Å². The molecule has 3 nitrogen and oxygen atoms in total. The Bertz CT molecular complexity index is 136. The number of likely N-dealkylation sites (N-methyl/N-ethyl adjacent to an activating group) is 1. The Labute approximate surface area is 75.5 Å². The van der Waals surface area contributed by atoms with Crippen LogP contribution in [0.1, 0.15) is 13.8 Å². The van der Waals surface area contributed by atoms with E-state index in [4.69, 9.17) is 5.11 Å². The average Bonchev–Trinajstić information content (AvgIpc) is 1.84.